The predicted molar refractivity (Wildman–Crippen MR) is 110 cm³/mol. The third-order valence-corrected chi connectivity index (χ3v) is 4.74. The molecule has 0 aliphatic rings. The number of Topliss-reactive ketones (excluding diaryl/α,β-unsaturated/α-hetero) is 1. The van der Waals surface area contributed by atoms with E-state index in [0.717, 1.165) is 29.7 Å². The van der Waals surface area contributed by atoms with E-state index >= 15 is 0 Å². The molecule has 0 saturated carbocycles. The Morgan fingerprint density at radius 2 is 1.50 bits per heavy atom. The number of benzene rings is 2. The van der Waals surface area contributed by atoms with Gasteiger partial charge in [0, 0.05) is 24.1 Å². The molecule has 0 fully saturated rings. The summed E-state index contributed by atoms with van der Waals surface area (Å²) in [7, 11) is 0. The van der Waals surface area contributed by atoms with Crippen LogP contribution in [0, 0.1) is 5.92 Å². The lowest BCUT2D eigenvalue weighted by atomic mass is 9.95. The van der Waals surface area contributed by atoms with Crippen molar-refractivity contribution in [2.75, 3.05) is 5.32 Å². The second kappa shape index (κ2) is 10.4. The quantitative estimate of drug-likeness (QED) is 0.556. The molecule has 0 aliphatic carbocycles. The second-order valence-electron chi connectivity index (χ2n) is 6.88. The van der Waals surface area contributed by atoms with E-state index in [-0.39, 0.29) is 18.1 Å². The number of aliphatic carboxylic acids is 1. The van der Waals surface area contributed by atoms with Crippen LogP contribution in [0.15, 0.2) is 48.5 Å². The molecule has 0 aliphatic heterocycles. The number of anilines is 1. The zero-order valence-electron chi connectivity index (χ0n) is 16.4. The van der Waals surface area contributed by atoms with E-state index in [9.17, 15) is 14.4 Å². The maximum absolute atomic E-state index is 12.3. The van der Waals surface area contributed by atoms with Gasteiger partial charge in [0.25, 0.3) is 0 Å². The summed E-state index contributed by atoms with van der Waals surface area (Å²) in [6, 6.07) is 14.7. The first-order chi connectivity index (χ1) is 13.4. The van der Waals surface area contributed by atoms with Gasteiger partial charge in [-0.1, -0.05) is 56.7 Å². The molecule has 148 valence electrons. The number of carboxylic acid groups (broad SMARTS) is 1. The van der Waals surface area contributed by atoms with Gasteiger partial charge in [0.15, 0.2) is 5.78 Å². The lowest BCUT2D eigenvalue weighted by Gasteiger charge is -2.09. The molecular formula is C23H27NO4. The first-order valence-corrected chi connectivity index (χ1v) is 9.71. The molecule has 2 aromatic carbocycles. The lowest BCUT2D eigenvalue weighted by Crippen LogP contribution is -2.17. The Hall–Kier alpha value is -2.95. The number of amides is 1. The van der Waals surface area contributed by atoms with Crippen molar-refractivity contribution in [1.29, 1.82) is 0 Å². The van der Waals surface area contributed by atoms with Gasteiger partial charge in [-0.3, -0.25) is 14.4 Å². The van der Waals surface area contributed by atoms with Crippen LogP contribution in [0.3, 0.4) is 0 Å². The predicted octanol–water partition coefficient (Wildman–Crippen LogP) is 5.17. The Morgan fingerprint density at radius 1 is 0.929 bits per heavy atom. The fourth-order valence-electron chi connectivity index (χ4n) is 2.90. The molecule has 0 saturated heterocycles. The minimum Gasteiger partial charge on any atom is -0.481 e. The Balaban J connectivity index is 2.02. The first kappa shape index (κ1) is 21.4. The van der Waals surface area contributed by atoms with Crippen LogP contribution in [0.2, 0.25) is 0 Å². The molecule has 0 bridgehead atoms. The van der Waals surface area contributed by atoms with Crippen molar-refractivity contribution in [3.05, 3.63) is 54.1 Å². The standard InChI is InChI=1S/C23H27NO4/c1-3-5-6-22(26)24-20-13-11-18(12-14-20)17-7-9-19(10-8-17)21(25)15-16(4-2)23(27)28/h7-14,16H,3-6,15H2,1-2H3,(H,24,26)(H,27,28). The SMILES string of the molecule is CCCCC(=O)Nc1ccc(-c2ccc(C(=O)CC(CC)C(=O)O)cc2)cc1. The van der Waals surface area contributed by atoms with Crippen LogP contribution in [0.1, 0.15) is 56.3 Å². The van der Waals surface area contributed by atoms with Crippen molar-refractivity contribution in [2.45, 2.75) is 46.0 Å². The molecule has 2 rings (SSSR count). The lowest BCUT2D eigenvalue weighted by molar-refractivity contribution is -0.141. The van der Waals surface area contributed by atoms with E-state index in [4.69, 9.17) is 5.11 Å². The van der Waals surface area contributed by atoms with Gasteiger partial charge < -0.3 is 10.4 Å². The van der Waals surface area contributed by atoms with Crippen molar-refractivity contribution < 1.29 is 19.5 Å². The van der Waals surface area contributed by atoms with Gasteiger partial charge in [-0.25, -0.2) is 0 Å². The van der Waals surface area contributed by atoms with Gasteiger partial charge in [-0.05, 0) is 36.1 Å². The largest absolute Gasteiger partial charge is 0.481 e. The van der Waals surface area contributed by atoms with Gasteiger partial charge in [-0.2, -0.15) is 0 Å². The highest BCUT2D eigenvalue weighted by molar-refractivity contribution is 5.98. The number of rotatable bonds is 10. The van der Waals surface area contributed by atoms with E-state index in [1.807, 2.05) is 36.4 Å². The van der Waals surface area contributed by atoms with E-state index in [1.165, 1.54) is 0 Å². The van der Waals surface area contributed by atoms with Crippen LogP contribution in [0.25, 0.3) is 11.1 Å². The van der Waals surface area contributed by atoms with Gasteiger partial charge in [-0.15, -0.1) is 0 Å². The van der Waals surface area contributed by atoms with Crippen molar-refractivity contribution in [3.63, 3.8) is 0 Å². The Bertz CT molecular complexity index is 810. The summed E-state index contributed by atoms with van der Waals surface area (Å²) < 4.78 is 0. The van der Waals surface area contributed by atoms with Crippen LogP contribution in [0.4, 0.5) is 5.69 Å². The minimum absolute atomic E-state index is 0.0115. The highest BCUT2D eigenvalue weighted by atomic mass is 16.4. The minimum atomic E-state index is -0.936. The fourth-order valence-corrected chi connectivity index (χ4v) is 2.90. The molecule has 1 unspecified atom stereocenters. The number of hydrogen-bond acceptors (Lipinski definition) is 3. The van der Waals surface area contributed by atoms with E-state index in [2.05, 4.69) is 12.2 Å². The number of nitrogens with one attached hydrogen (secondary N) is 1. The number of hydrogen-bond donors (Lipinski definition) is 2. The molecular weight excluding hydrogens is 354 g/mol. The average molecular weight is 381 g/mol. The summed E-state index contributed by atoms with van der Waals surface area (Å²) in [5.74, 6) is -1.73. The summed E-state index contributed by atoms with van der Waals surface area (Å²) in [6.07, 6.45) is 2.83. The zero-order valence-corrected chi connectivity index (χ0v) is 16.4. The van der Waals surface area contributed by atoms with Crippen molar-refractivity contribution in [2.24, 2.45) is 5.92 Å². The van der Waals surface area contributed by atoms with Crippen LogP contribution >= 0.6 is 0 Å². The third kappa shape index (κ3) is 6.05. The zero-order chi connectivity index (χ0) is 20.5. The first-order valence-electron chi connectivity index (χ1n) is 9.71. The highest BCUT2D eigenvalue weighted by Gasteiger charge is 2.20. The summed E-state index contributed by atoms with van der Waals surface area (Å²) in [5.41, 5.74) is 3.20. The Kier molecular flexibility index (Phi) is 7.93. The number of carboxylic acids is 1. The molecule has 0 radical (unpaired) electrons. The smallest absolute Gasteiger partial charge is 0.306 e. The van der Waals surface area contributed by atoms with Gasteiger partial charge in [0.1, 0.15) is 0 Å². The maximum Gasteiger partial charge on any atom is 0.306 e. The molecule has 1 atom stereocenters. The maximum atomic E-state index is 12.3. The molecule has 0 heterocycles. The summed E-state index contributed by atoms with van der Waals surface area (Å²) in [6.45, 7) is 3.82. The number of carbonyl (C=O) groups is 3. The summed E-state index contributed by atoms with van der Waals surface area (Å²) in [4.78, 5) is 35.2. The van der Waals surface area contributed by atoms with Crippen molar-refractivity contribution >= 4 is 23.3 Å². The number of ketones is 1. The van der Waals surface area contributed by atoms with E-state index < -0.39 is 11.9 Å². The van der Waals surface area contributed by atoms with Gasteiger partial charge in [0.05, 0.1) is 5.92 Å². The molecule has 0 aromatic heterocycles. The Labute approximate surface area is 165 Å². The molecule has 2 N–H and O–H groups in total. The van der Waals surface area contributed by atoms with E-state index in [0.29, 0.717) is 18.4 Å². The van der Waals surface area contributed by atoms with Crippen molar-refractivity contribution in [3.8, 4) is 11.1 Å². The molecule has 0 spiro atoms. The van der Waals surface area contributed by atoms with Crippen LogP contribution in [-0.4, -0.2) is 22.8 Å². The topological polar surface area (TPSA) is 83.5 Å². The molecule has 5 heteroatoms. The molecule has 1 amide bonds. The van der Waals surface area contributed by atoms with Gasteiger partial charge >= 0.3 is 5.97 Å². The number of unbranched alkanes of at least 4 members (excludes halogenated alkanes) is 1. The molecule has 28 heavy (non-hydrogen) atoms. The Morgan fingerprint density at radius 3 is 2.00 bits per heavy atom. The molecule has 2 aromatic rings. The van der Waals surface area contributed by atoms with Crippen molar-refractivity contribution in [1.82, 2.24) is 0 Å². The van der Waals surface area contributed by atoms with Crippen LogP contribution < -0.4 is 5.32 Å². The van der Waals surface area contributed by atoms with Gasteiger partial charge in [0.2, 0.25) is 5.91 Å². The van der Waals surface area contributed by atoms with Crippen LogP contribution in [0.5, 0.6) is 0 Å². The normalized spacial score (nSPS) is 11.6. The highest BCUT2D eigenvalue weighted by Crippen LogP contribution is 2.23. The fraction of sp³-hybridized carbons (Fsp3) is 0.348. The van der Waals surface area contributed by atoms with Crippen LogP contribution in [-0.2, 0) is 9.59 Å². The number of carbonyl (C=O) groups excluding carboxylic acids is 2. The monoisotopic (exact) mass is 381 g/mol. The third-order valence-electron chi connectivity index (χ3n) is 4.74. The second-order valence-corrected chi connectivity index (χ2v) is 6.88. The molecule has 5 nitrogen and oxygen atoms in total. The summed E-state index contributed by atoms with van der Waals surface area (Å²) in [5, 5.41) is 12.0. The summed E-state index contributed by atoms with van der Waals surface area (Å²) >= 11 is 0. The average Bonchev–Trinajstić information content (AvgIpc) is 2.70. The van der Waals surface area contributed by atoms with E-state index in [1.54, 1.807) is 19.1 Å².